The molecule has 2 aromatic rings. The molecule has 2 aromatic carbocycles. The fourth-order valence-corrected chi connectivity index (χ4v) is 2.10. The molecule has 0 saturated heterocycles. The smallest absolute Gasteiger partial charge is 0.127 e. The number of hydrogen-bond acceptors (Lipinski definition) is 1. The van der Waals surface area contributed by atoms with E-state index in [2.05, 4.69) is 58.9 Å². The third kappa shape index (κ3) is 3.63. The van der Waals surface area contributed by atoms with Crippen molar-refractivity contribution in [3.8, 4) is 11.5 Å². The topological polar surface area (TPSA) is 9.23 Å². The maximum absolute atomic E-state index is 5.94. The van der Waals surface area contributed by atoms with Crippen LogP contribution in [0.15, 0.2) is 48.5 Å². The molecule has 0 heterocycles. The van der Waals surface area contributed by atoms with Gasteiger partial charge >= 0.3 is 0 Å². The quantitative estimate of drug-likeness (QED) is 0.673. The van der Waals surface area contributed by atoms with E-state index in [9.17, 15) is 0 Å². The fourth-order valence-electron chi connectivity index (χ4n) is 2.10. The summed E-state index contributed by atoms with van der Waals surface area (Å²) >= 11 is 0. The van der Waals surface area contributed by atoms with Gasteiger partial charge in [-0.1, -0.05) is 58.9 Å². The maximum atomic E-state index is 5.94. The Hall–Kier alpha value is -1.76. The molecule has 0 spiro atoms. The fraction of sp³-hybridized carbons (Fsp3) is 0.368. The van der Waals surface area contributed by atoms with E-state index in [1.807, 2.05) is 24.3 Å². The van der Waals surface area contributed by atoms with Crippen LogP contribution >= 0.6 is 0 Å². The predicted octanol–water partition coefficient (Wildman–Crippen LogP) is 5.90. The molecule has 1 nitrogen and oxygen atoms in total. The summed E-state index contributed by atoms with van der Waals surface area (Å²) in [5.41, 5.74) is 2.80. The van der Waals surface area contributed by atoms with Crippen LogP contribution in [-0.4, -0.2) is 0 Å². The first-order valence-electron chi connectivity index (χ1n) is 7.24. The van der Waals surface area contributed by atoms with E-state index in [1.165, 1.54) is 11.1 Å². The van der Waals surface area contributed by atoms with Crippen molar-refractivity contribution in [1.82, 2.24) is 0 Å². The van der Waals surface area contributed by atoms with Gasteiger partial charge in [-0.15, -0.1) is 0 Å². The van der Waals surface area contributed by atoms with E-state index in [1.54, 1.807) is 0 Å². The molecule has 0 N–H and O–H groups in total. The molecule has 0 aliphatic heterocycles. The summed E-state index contributed by atoms with van der Waals surface area (Å²) in [5.74, 6) is 2.31. The number of rotatable bonds is 3. The molecule has 1 heteroatoms. The van der Waals surface area contributed by atoms with Crippen LogP contribution in [0.2, 0.25) is 0 Å². The van der Waals surface area contributed by atoms with Gasteiger partial charge in [-0.05, 0) is 46.7 Å². The van der Waals surface area contributed by atoms with Gasteiger partial charge < -0.3 is 4.74 Å². The average Bonchev–Trinajstić information content (AvgIpc) is 2.38. The standard InChI is InChI=1S/C19H24O/c1-14(2)15-7-6-8-18(13-15)20-17-11-9-16(10-12-17)19(3,4)5/h6-14H,1-5H3. The summed E-state index contributed by atoms with van der Waals surface area (Å²) in [7, 11) is 0. The van der Waals surface area contributed by atoms with E-state index < -0.39 is 0 Å². The van der Waals surface area contributed by atoms with Gasteiger partial charge in [0.25, 0.3) is 0 Å². The lowest BCUT2D eigenvalue weighted by Gasteiger charge is -2.19. The van der Waals surface area contributed by atoms with Gasteiger partial charge in [-0.2, -0.15) is 0 Å². The number of ether oxygens (including phenoxy) is 1. The highest BCUT2D eigenvalue weighted by Crippen LogP contribution is 2.28. The van der Waals surface area contributed by atoms with Crippen molar-refractivity contribution in [2.75, 3.05) is 0 Å². The first-order valence-corrected chi connectivity index (χ1v) is 7.24. The van der Waals surface area contributed by atoms with Crippen LogP contribution in [-0.2, 0) is 5.41 Å². The molecule has 0 unspecified atom stereocenters. The Morgan fingerprint density at radius 3 is 2.05 bits per heavy atom. The van der Waals surface area contributed by atoms with Crippen molar-refractivity contribution in [2.45, 2.75) is 46.0 Å². The molecule has 0 aliphatic carbocycles. The van der Waals surface area contributed by atoms with Crippen LogP contribution in [0.1, 0.15) is 51.7 Å². The SMILES string of the molecule is CC(C)c1cccc(Oc2ccc(C(C)(C)C)cc2)c1. The summed E-state index contributed by atoms with van der Waals surface area (Å²) in [6, 6.07) is 16.7. The monoisotopic (exact) mass is 268 g/mol. The molecule has 20 heavy (non-hydrogen) atoms. The Balaban J connectivity index is 2.16. The first kappa shape index (κ1) is 14.6. The molecule has 0 aliphatic rings. The molecule has 0 bridgehead atoms. The summed E-state index contributed by atoms with van der Waals surface area (Å²) in [6.07, 6.45) is 0. The largest absolute Gasteiger partial charge is 0.457 e. The van der Waals surface area contributed by atoms with Crippen LogP contribution in [0, 0.1) is 0 Å². The third-order valence-corrected chi connectivity index (χ3v) is 3.48. The Kier molecular flexibility index (Phi) is 4.17. The molecule has 0 radical (unpaired) electrons. The molecular weight excluding hydrogens is 244 g/mol. The highest BCUT2D eigenvalue weighted by Gasteiger charge is 2.13. The molecule has 106 valence electrons. The molecule has 0 amide bonds. The van der Waals surface area contributed by atoms with Gasteiger partial charge in [-0.25, -0.2) is 0 Å². The molecule has 0 saturated carbocycles. The van der Waals surface area contributed by atoms with E-state index in [0.29, 0.717) is 5.92 Å². The summed E-state index contributed by atoms with van der Waals surface area (Å²) < 4.78 is 5.94. The van der Waals surface area contributed by atoms with Crippen molar-refractivity contribution >= 4 is 0 Å². The van der Waals surface area contributed by atoms with Crippen LogP contribution in [0.5, 0.6) is 11.5 Å². The van der Waals surface area contributed by atoms with Gasteiger partial charge in [0.05, 0.1) is 0 Å². The summed E-state index contributed by atoms with van der Waals surface area (Å²) in [5, 5.41) is 0. The normalized spacial score (nSPS) is 11.7. The van der Waals surface area contributed by atoms with Gasteiger partial charge in [0.1, 0.15) is 11.5 Å². The minimum Gasteiger partial charge on any atom is -0.457 e. The van der Waals surface area contributed by atoms with Crippen molar-refractivity contribution in [3.63, 3.8) is 0 Å². The van der Waals surface area contributed by atoms with Gasteiger partial charge in [0, 0.05) is 0 Å². The van der Waals surface area contributed by atoms with Crippen molar-refractivity contribution < 1.29 is 4.74 Å². The van der Waals surface area contributed by atoms with Crippen LogP contribution in [0.25, 0.3) is 0 Å². The van der Waals surface area contributed by atoms with Crippen molar-refractivity contribution in [3.05, 3.63) is 59.7 Å². The average molecular weight is 268 g/mol. The molecular formula is C19H24O. The second-order valence-corrected chi connectivity index (χ2v) is 6.60. The minimum absolute atomic E-state index is 0.177. The summed E-state index contributed by atoms with van der Waals surface area (Å²) in [4.78, 5) is 0. The van der Waals surface area contributed by atoms with Crippen molar-refractivity contribution in [2.24, 2.45) is 0 Å². The van der Waals surface area contributed by atoms with Gasteiger partial charge in [-0.3, -0.25) is 0 Å². The Morgan fingerprint density at radius 2 is 1.50 bits per heavy atom. The van der Waals surface area contributed by atoms with Gasteiger partial charge in [0.2, 0.25) is 0 Å². The number of hydrogen-bond donors (Lipinski definition) is 0. The first-order chi connectivity index (χ1) is 9.36. The zero-order chi connectivity index (χ0) is 14.8. The lowest BCUT2D eigenvalue weighted by molar-refractivity contribution is 0.480. The highest BCUT2D eigenvalue weighted by atomic mass is 16.5. The van der Waals surface area contributed by atoms with Crippen LogP contribution < -0.4 is 4.74 Å². The Bertz CT molecular complexity index is 559. The lowest BCUT2D eigenvalue weighted by Crippen LogP contribution is -2.10. The Morgan fingerprint density at radius 1 is 0.850 bits per heavy atom. The van der Waals surface area contributed by atoms with Crippen LogP contribution in [0.4, 0.5) is 0 Å². The zero-order valence-electron chi connectivity index (χ0n) is 13.1. The molecule has 0 atom stereocenters. The highest BCUT2D eigenvalue weighted by molar-refractivity contribution is 5.37. The van der Waals surface area contributed by atoms with E-state index in [4.69, 9.17) is 4.74 Å². The second-order valence-electron chi connectivity index (χ2n) is 6.60. The second kappa shape index (κ2) is 5.70. The van der Waals surface area contributed by atoms with E-state index in [-0.39, 0.29) is 5.41 Å². The van der Waals surface area contributed by atoms with E-state index >= 15 is 0 Å². The molecule has 0 fully saturated rings. The summed E-state index contributed by atoms with van der Waals surface area (Å²) in [6.45, 7) is 11.0. The third-order valence-electron chi connectivity index (χ3n) is 3.48. The number of benzene rings is 2. The predicted molar refractivity (Wildman–Crippen MR) is 85.7 cm³/mol. The minimum atomic E-state index is 0.177. The van der Waals surface area contributed by atoms with Crippen molar-refractivity contribution in [1.29, 1.82) is 0 Å². The van der Waals surface area contributed by atoms with Gasteiger partial charge in [0.15, 0.2) is 0 Å². The molecule has 2 rings (SSSR count). The Labute approximate surface area is 122 Å². The van der Waals surface area contributed by atoms with E-state index in [0.717, 1.165) is 11.5 Å². The van der Waals surface area contributed by atoms with Crippen LogP contribution in [0.3, 0.4) is 0 Å². The maximum Gasteiger partial charge on any atom is 0.127 e. The lowest BCUT2D eigenvalue weighted by atomic mass is 9.87. The molecule has 0 aromatic heterocycles. The zero-order valence-corrected chi connectivity index (χ0v) is 13.1.